The molecule has 496 valence electrons. The summed E-state index contributed by atoms with van der Waals surface area (Å²) in [5.74, 6) is 0. The molecule has 0 aliphatic rings. The Bertz CT molecular complexity index is 6340. The number of rotatable bonds is 8. The van der Waals surface area contributed by atoms with Crippen LogP contribution in [0, 0.1) is 27.7 Å². The molecule has 4 heteroatoms. The predicted octanol–water partition coefficient (Wildman–Crippen LogP) is 27.0. The Kier molecular flexibility index (Phi) is 17.3. The quantitative estimate of drug-likeness (QED) is 0.144. The smallest absolute Gasteiger partial charge is 0.0570 e. The number of hydrogen-bond acceptors (Lipinski definition) is 0. The van der Waals surface area contributed by atoms with E-state index in [0.717, 1.165) is 0 Å². The summed E-state index contributed by atoms with van der Waals surface area (Å²) in [6.45, 7) is 8.71. The van der Waals surface area contributed by atoms with Crippen molar-refractivity contribution in [2.45, 2.75) is 27.7 Å². The Morgan fingerprint density at radius 2 is 0.471 bits per heavy atom. The number of aromatic nitrogens is 4. The third-order valence-corrected chi connectivity index (χ3v) is 20.3. The maximum Gasteiger partial charge on any atom is 0.0570 e. The summed E-state index contributed by atoms with van der Waals surface area (Å²) in [6.07, 6.45) is 0. The molecule has 4 aromatic heterocycles. The molecule has 0 saturated carbocycles. The highest BCUT2D eigenvalue weighted by molar-refractivity contribution is 6.15. The lowest BCUT2D eigenvalue weighted by atomic mass is 10.0. The van der Waals surface area contributed by atoms with Gasteiger partial charge in [-0.05, 0) is 210 Å². The van der Waals surface area contributed by atoms with Crippen LogP contribution in [-0.4, -0.2) is 18.3 Å². The first-order valence-corrected chi connectivity index (χ1v) is 35.9. The van der Waals surface area contributed by atoms with E-state index in [1.165, 1.54) is 177 Å². The lowest BCUT2D eigenvalue weighted by Gasteiger charge is -2.09. The van der Waals surface area contributed by atoms with Crippen LogP contribution in [0.4, 0.5) is 0 Å². The summed E-state index contributed by atoms with van der Waals surface area (Å²) in [5, 5.41) is 10.5. The normalized spacial score (nSPS) is 11.3. The van der Waals surface area contributed by atoms with Crippen molar-refractivity contribution < 1.29 is 0 Å². The average Bonchev–Trinajstić information content (AvgIpc) is 1.62. The zero-order valence-corrected chi connectivity index (χ0v) is 58.7. The maximum absolute atomic E-state index is 2.38. The van der Waals surface area contributed by atoms with Gasteiger partial charge in [0.15, 0.2) is 0 Å². The van der Waals surface area contributed by atoms with E-state index in [-0.39, 0.29) is 0 Å². The lowest BCUT2D eigenvalue weighted by Crippen LogP contribution is -1.94. The van der Waals surface area contributed by atoms with E-state index < -0.39 is 0 Å². The molecule has 20 rings (SSSR count). The second kappa shape index (κ2) is 28.0. The summed E-state index contributed by atoms with van der Waals surface area (Å²) < 4.78 is 9.48. The largest absolute Gasteiger partial charge is 0.309 e. The zero-order valence-electron chi connectivity index (χ0n) is 58.7. The Balaban J connectivity index is 0.000000103. The van der Waals surface area contributed by atoms with Crippen molar-refractivity contribution in [2.75, 3.05) is 0 Å². The van der Waals surface area contributed by atoms with Crippen molar-refractivity contribution in [3.63, 3.8) is 0 Å². The van der Waals surface area contributed by atoms with Gasteiger partial charge in [0.25, 0.3) is 0 Å². The minimum absolute atomic E-state index is 1.20. The molecule has 104 heavy (non-hydrogen) atoms. The monoisotopic (exact) mass is 1330 g/mol. The molecule has 4 heterocycles. The van der Waals surface area contributed by atoms with Crippen LogP contribution >= 0.6 is 0 Å². The summed E-state index contributed by atoms with van der Waals surface area (Å²) in [7, 11) is 0. The van der Waals surface area contributed by atoms with Gasteiger partial charge in [-0.3, -0.25) is 0 Å². The zero-order chi connectivity index (χ0) is 70.0. The number of aryl methyl sites for hydroxylation is 4. The van der Waals surface area contributed by atoms with Gasteiger partial charge in [0.05, 0.1) is 44.1 Å². The summed E-state index contributed by atoms with van der Waals surface area (Å²) in [4.78, 5) is 0. The average molecular weight is 1330 g/mol. The molecule has 0 saturated heterocycles. The number of para-hydroxylation sites is 5. The first kappa shape index (κ1) is 64.1. The van der Waals surface area contributed by atoms with Gasteiger partial charge in [-0.25, -0.2) is 0 Å². The first-order valence-electron chi connectivity index (χ1n) is 35.9. The molecule has 0 aliphatic heterocycles. The number of hydrogen-bond donors (Lipinski definition) is 0. The molecule has 0 bridgehead atoms. The fourth-order valence-corrected chi connectivity index (χ4v) is 15.4. The van der Waals surface area contributed by atoms with E-state index in [1.807, 2.05) is 0 Å². The molecule has 0 radical (unpaired) electrons. The van der Waals surface area contributed by atoms with Crippen molar-refractivity contribution in [2.24, 2.45) is 0 Å². The molecule has 0 atom stereocenters. The van der Waals surface area contributed by atoms with Crippen LogP contribution in [-0.2, 0) is 0 Å². The third-order valence-electron chi connectivity index (χ3n) is 20.3. The summed E-state index contributed by atoms with van der Waals surface area (Å²) in [5.41, 5.74) is 30.1. The van der Waals surface area contributed by atoms with E-state index >= 15 is 0 Å². The molecular formula is C100H76N4. The lowest BCUT2D eigenvalue weighted by molar-refractivity contribution is 1.17. The topological polar surface area (TPSA) is 19.7 Å². The van der Waals surface area contributed by atoms with Gasteiger partial charge in [0.2, 0.25) is 0 Å². The van der Waals surface area contributed by atoms with Gasteiger partial charge in [-0.15, -0.1) is 0 Å². The molecule has 0 spiro atoms. The minimum Gasteiger partial charge on any atom is -0.309 e. The fraction of sp³-hybridized carbons (Fsp3) is 0.0400. The van der Waals surface area contributed by atoms with Crippen LogP contribution < -0.4 is 0 Å². The highest BCUT2D eigenvalue weighted by Crippen LogP contribution is 2.41. The van der Waals surface area contributed by atoms with E-state index in [4.69, 9.17) is 0 Å². The highest BCUT2D eigenvalue weighted by Gasteiger charge is 2.19. The molecule has 0 N–H and O–H groups in total. The Morgan fingerprint density at radius 3 is 0.923 bits per heavy atom. The molecule has 20 aromatic rings. The molecular weight excluding hydrogens is 1260 g/mol. The highest BCUT2D eigenvalue weighted by atomic mass is 15.0. The van der Waals surface area contributed by atoms with Crippen molar-refractivity contribution in [3.8, 4) is 67.3 Å². The summed E-state index contributed by atoms with van der Waals surface area (Å²) >= 11 is 0. The molecule has 16 aromatic carbocycles. The van der Waals surface area contributed by atoms with Gasteiger partial charge < -0.3 is 18.3 Å². The van der Waals surface area contributed by atoms with E-state index in [0.29, 0.717) is 0 Å². The second-order valence-corrected chi connectivity index (χ2v) is 27.1. The van der Waals surface area contributed by atoms with E-state index in [9.17, 15) is 0 Å². The Hall–Kier alpha value is -13.3. The molecule has 0 amide bonds. The van der Waals surface area contributed by atoms with E-state index in [1.54, 1.807) is 0 Å². The van der Waals surface area contributed by atoms with Crippen LogP contribution in [0.3, 0.4) is 0 Å². The van der Waals surface area contributed by atoms with Crippen LogP contribution in [0.5, 0.6) is 0 Å². The van der Waals surface area contributed by atoms with E-state index in [2.05, 4.69) is 434 Å². The predicted molar refractivity (Wildman–Crippen MR) is 444 cm³/mol. The molecule has 0 unspecified atom stereocenters. The molecule has 0 fully saturated rings. The van der Waals surface area contributed by atoms with Crippen molar-refractivity contribution in [1.82, 2.24) is 18.3 Å². The van der Waals surface area contributed by atoms with Crippen molar-refractivity contribution in [1.29, 1.82) is 0 Å². The van der Waals surface area contributed by atoms with Crippen LogP contribution in [0.25, 0.3) is 154 Å². The SMILES string of the molecule is Cc1ccc2c(c1)c1cc(-c3ccccc3)ccc1n2-c1ccccc1.Cc1ccc2c3cc(-c4ccccc4)ccc3n(-c3ccccc3)c2c1.Cc1cccc2c1c1cc(-c3ccccc3)ccc1n2-c1ccccc1.Cc1cccc2c3cc(-c4ccccc4)ccc3n(-c3ccccc3)c12. The summed E-state index contributed by atoms with van der Waals surface area (Å²) in [6, 6.07) is 139. The van der Waals surface area contributed by atoms with Crippen LogP contribution in [0.15, 0.2) is 388 Å². The van der Waals surface area contributed by atoms with Gasteiger partial charge in [-0.1, -0.05) is 272 Å². The first-order chi connectivity index (χ1) is 51.3. The third kappa shape index (κ3) is 12.2. The van der Waals surface area contributed by atoms with Gasteiger partial charge in [0, 0.05) is 65.8 Å². The number of fused-ring (bicyclic) bond motifs is 12. The van der Waals surface area contributed by atoms with Gasteiger partial charge in [-0.2, -0.15) is 0 Å². The van der Waals surface area contributed by atoms with Crippen LogP contribution in [0.1, 0.15) is 22.3 Å². The molecule has 0 aliphatic carbocycles. The second-order valence-electron chi connectivity index (χ2n) is 27.1. The number of benzene rings is 16. The maximum atomic E-state index is 2.38. The van der Waals surface area contributed by atoms with Crippen molar-refractivity contribution >= 4 is 87.2 Å². The Labute approximate surface area is 607 Å². The Morgan fingerprint density at radius 1 is 0.163 bits per heavy atom. The van der Waals surface area contributed by atoms with Gasteiger partial charge >= 0.3 is 0 Å². The molecule has 4 nitrogen and oxygen atoms in total. The minimum atomic E-state index is 1.20. The van der Waals surface area contributed by atoms with Gasteiger partial charge in [0.1, 0.15) is 0 Å². The van der Waals surface area contributed by atoms with Crippen molar-refractivity contribution in [3.05, 3.63) is 411 Å². The van der Waals surface area contributed by atoms with Crippen LogP contribution in [0.2, 0.25) is 0 Å². The standard InChI is InChI=1S/4C25H19N/c1-18-9-8-14-24-25(18)22-17-20(19-10-4-2-5-11-19)15-16-23(22)26(24)21-12-6-3-7-13-21;1-18-9-8-14-22-23-17-20(19-10-4-2-5-11-19)15-16-24(23)26(25(18)22)21-12-6-3-7-13-21;1-18-12-14-24-22(16-18)23-17-20(19-8-4-2-5-9-19)13-15-25(23)26(24)21-10-6-3-7-11-21;1-18-12-14-22-23-17-20(19-8-4-2-5-9-19)13-15-24(23)26(25(22)16-18)21-10-6-3-7-11-21/h4*2-17H,1H3. The number of nitrogens with zero attached hydrogens (tertiary/aromatic N) is 4. The fourth-order valence-electron chi connectivity index (χ4n) is 15.4.